The van der Waals surface area contributed by atoms with E-state index < -0.39 is 0 Å². The maximum atomic E-state index is 5.21. The van der Waals surface area contributed by atoms with E-state index in [1.807, 2.05) is 59.5 Å². The molecule has 0 aromatic heterocycles. The lowest BCUT2D eigenvalue weighted by Gasteiger charge is -2.22. The summed E-state index contributed by atoms with van der Waals surface area (Å²) in [4.78, 5) is 12.0. The van der Waals surface area contributed by atoms with Crippen molar-refractivity contribution in [2.75, 3.05) is 12.0 Å². The van der Waals surface area contributed by atoms with Crippen LogP contribution in [0.4, 0.5) is 5.69 Å². The Morgan fingerprint density at radius 3 is 2.03 bits per heavy atom. The minimum atomic E-state index is -0.274. The van der Waals surface area contributed by atoms with Gasteiger partial charge in [-0.2, -0.15) is 5.10 Å². The average molecular weight is 450 g/mol. The van der Waals surface area contributed by atoms with E-state index in [9.17, 15) is 0 Å². The highest BCUT2D eigenvalue weighted by atomic mass is 32.2. The number of anilines is 1. The summed E-state index contributed by atoms with van der Waals surface area (Å²) in [6.07, 6.45) is 1.73. The fourth-order valence-corrected chi connectivity index (χ4v) is 3.96. The van der Waals surface area contributed by atoms with Gasteiger partial charge in [-0.1, -0.05) is 18.2 Å². The van der Waals surface area contributed by atoms with Crippen molar-refractivity contribution >= 4 is 39.7 Å². The fourth-order valence-electron chi connectivity index (χ4n) is 2.87. The molecule has 2 aromatic carbocycles. The molecule has 0 spiro atoms. The van der Waals surface area contributed by atoms with Gasteiger partial charge in [0, 0.05) is 5.69 Å². The molecule has 0 atom stereocenters. The number of ether oxygens (including phenoxy) is 1. The van der Waals surface area contributed by atoms with Crippen molar-refractivity contribution in [2.45, 2.75) is 52.6 Å². The molecule has 3 rings (SSSR count). The van der Waals surface area contributed by atoms with Crippen molar-refractivity contribution in [1.82, 2.24) is 0 Å². The maximum absolute atomic E-state index is 5.21. The third-order valence-corrected chi connectivity index (χ3v) is 5.05. The van der Waals surface area contributed by atoms with Crippen molar-refractivity contribution in [3.63, 3.8) is 0 Å². The second-order valence-corrected chi connectivity index (χ2v) is 10.3. The second kappa shape index (κ2) is 9.69. The van der Waals surface area contributed by atoms with Crippen LogP contribution in [-0.2, 0) is 0 Å². The molecule has 0 radical (unpaired) electrons. The van der Waals surface area contributed by atoms with Crippen LogP contribution in [0.1, 0.15) is 47.1 Å². The van der Waals surface area contributed by atoms with Gasteiger partial charge in [0.1, 0.15) is 10.8 Å². The Labute approximate surface area is 195 Å². The molecule has 0 bridgehead atoms. The van der Waals surface area contributed by atoms with E-state index in [2.05, 4.69) is 51.7 Å². The first-order chi connectivity index (χ1) is 15.1. The molecule has 1 fully saturated rings. The number of thioether (sulfide) groups is 1. The lowest BCUT2D eigenvalue weighted by molar-refractivity contribution is 0.415. The molecule has 7 heteroatoms. The van der Waals surface area contributed by atoms with E-state index in [0.29, 0.717) is 5.17 Å². The Kier molecular flexibility index (Phi) is 7.19. The van der Waals surface area contributed by atoms with Crippen LogP contribution in [-0.4, -0.2) is 40.4 Å². The molecular weight excluding hydrogens is 418 g/mol. The highest BCUT2D eigenvalue weighted by Crippen LogP contribution is 2.32. The van der Waals surface area contributed by atoms with E-state index >= 15 is 0 Å². The van der Waals surface area contributed by atoms with Crippen LogP contribution in [0.3, 0.4) is 0 Å². The summed E-state index contributed by atoms with van der Waals surface area (Å²) in [5, 5.41) is 10.5. The number of amidine groups is 2. The van der Waals surface area contributed by atoms with Crippen molar-refractivity contribution in [1.29, 1.82) is 0 Å². The summed E-state index contributed by atoms with van der Waals surface area (Å²) >= 11 is 1.49. The van der Waals surface area contributed by atoms with Gasteiger partial charge < -0.3 is 4.74 Å². The fraction of sp³-hybridized carbons (Fsp3) is 0.360. The number of benzene rings is 2. The van der Waals surface area contributed by atoms with Crippen molar-refractivity contribution in [3.05, 3.63) is 60.2 Å². The molecule has 1 saturated heterocycles. The number of rotatable bonds is 4. The molecule has 1 aliphatic rings. The number of methoxy groups -OCH3 is 1. The Balaban J connectivity index is 2.06. The largest absolute Gasteiger partial charge is 0.497 e. The number of hydrogen-bond acceptors (Lipinski definition) is 6. The minimum Gasteiger partial charge on any atom is -0.497 e. The monoisotopic (exact) mass is 449 g/mol. The normalized spacial score (nSPS) is 19.0. The maximum Gasteiger partial charge on any atom is 0.202 e. The molecule has 0 saturated carbocycles. The Morgan fingerprint density at radius 1 is 0.844 bits per heavy atom. The zero-order chi connectivity index (χ0) is 23.4. The van der Waals surface area contributed by atoms with Gasteiger partial charge in [0.15, 0.2) is 5.84 Å². The Bertz CT molecular complexity index is 1040. The third kappa shape index (κ3) is 6.53. The van der Waals surface area contributed by atoms with Gasteiger partial charge >= 0.3 is 0 Å². The van der Waals surface area contributed by atoms with E-state index in [4.69, 9.17) is 14.7 Å². The molecule has 0 N–H and O–H groups in total. The van der Waals surface area contributed by atoms with E-state index in [1.54, 1.807) is 13.3 Å². The number of hydrogen-bond donors (Lipinski definition) is 0. The summed E-state index contributed by atoms with van der Waals surface area (Å²) in [6, 6.07) is 17.8. The highest BCUT2D eigenvalue weighted by molar-refractivity contribution is 8.29. The van der Waals surface area contributed by atoms with Gasteiger partial charge in [0.2, 0.25) is 5.17 Å². The van der Waals surface area contributed by atoms with Gasteiger partial charge in [0.25, 0.3) is 0 Å². The van der Waals surface area contributed by atoms with Crippen LogP contribution in [0.25, 0.3) is 0 Å². The van der Waals surface area contributed by atoms with Crippen LogP contribution >= 0.6 is 11.8 Å². The third-order valence-electron chi connectivity index (χ3n) is 4.14. The average Bonchev–Trinajstić information content (AvgIpc) is 3.02. The summed E-state index contributed by atoms with van der Waals surface area (Å²) in [5.74, 6) is 1.60. The molecule has 0 unspecified atom stereocenters. The first-order valence-electron chi connectivity index (χ1n) is 10.5. The van der Waals surface area contributed by atoms with Crippen LogP contribution in [0.5, 0.6) is 5.75 Å². The van der Waals surface area contributed by atoms with Gasteiger partial charge in [-0.15, -0.1) is 5.10 Å². The van der Waals surface area contributed by atoms with Gasteiger partial charge in [0.05, 0.1) is 24.4 Å². The highest BCUT2D eigenvalue weighted by Gasteiger charge is 2.36. The lowest BCUT2D eigenvalue weighted by Crippen LogP contribution is -2.34. The molecule has 0 aliphatic carbocycles. The summed E-state index contributed by atoms with van der Waals surface area (Å²) in [6.45, 7) is 12.5. The lowest BCUT2D eigenvalue weighted by atomic mass is 10.1. The SMILES string of the molecule is COc1ccc(C=NN=C2SC(=NC(C)(C)C)C(=NC(C)(C)C)N2c2ccccc2)cc1. The second-order valence-electron chi connectivity index (χ2n) is 9.37. The summed E-state index contributed by atoms with van der Waals surface area (Å²) in [7, 11) is 1.65. The quantitative estimate of drug-likeness (QED) is 0.423. The van der Waals surface area contributed by atoms with E-state index in [0.717, 1.165) is 27.9 Å². The Hall–Kier alpha value is -2.93. The van der Waals surface area contributed by atoms with Crippen molar-refractivity contribution in [2.24, 2.45) is 20.2 Å². The molecule has 1 aliphatic heterocycles. The molecular formula is C25H31N5OS. The van der Waals surface area contributed by atoms with Crippen LogP contribution in [0.2, 0.25) is 0 Å². The Morgan fingerprint density at radius 2 is 1.47 bits per heavy atom. The minimum absolute atomic E-state index is 0.245. The molecule has 1 heterocycles. The van der Waals surface area contributed by atoms with Gasteiger partial charge in [-0.05, 0) is 95.3 Å². The summed E-state index contributed by atoms with van der Waals surface area (Å²) < 4.78 is 5.21. The number of para-hydroxylation sites is 1. The van der Waals surface area contributed by atoms with Gasteiger partial charge in [-0.3, -0.25) is 14.9 Å². The van der Waals surface area contributed by atoms with Crippen LogP contribution < -0.4 is 9.64 Å². The van der Waals surface area contributed by atoms with Crippen LogP contribution in [0, 0.1) is 0 Å². The van der Waals surface area contributed by atoms with Crippen molar-refractivity contribution < 1.29 is 4.74 Å². The summed E-state index contributed by atoms with van der Waals surface area (Å²) in [5.41, 5.74) is 1.39. The standard InChI is InChI=1S/C25H31N5OS/c1-24(2,3)27-21-22(28-25(4,5)6)32-23(30(21)19-11-9-8-10-12-19)29-26-17-18-13-15-20(31-7)16-14-18/h8-17H,1-7H3. The smallest absolute Gasteiger partial charge is 0.202 e. The molecule has 2 aromatic rings. The van der Waals surface area contributed by atoms with Gasteiger partial charge in [-0.25, -0.2) is 0 Å². The van der Waals surface area contributed by atoms with Crippen LogP contribution in [0.15, 0.2) is 74.8 Å². The number of nitrogens with zero attached hydrogens (tertiary/aromatic N) is 5. The zero-order valence-electron chi connectivity index (χ0n) is 19.8. The first kappa shape index (κ1) is 23.7. The number of aliphatic imine (C=N–C) groups is 2. The van der Waals surface area contributed by atoms with Crippen molar-refractivity contribution in [3.8, 4) is 5.75 Å². The topological polar surface area (TPSA) is 61.9 Å². The molecule has 6 nitrogen and oxygen atoms in total. The molecule has 0 amide bonds. The molecule has 168 valence electrons. The van der Waals surface area contributed by atoms with E-state index in [1.165, 1.54) is 11.8 Å². The predicted octanol–water partition coefficient (Wildman–Crippen LogP) is 6.03. The predicted molar refractivity (Wildman–Crippen MR) is 139 cm³/mol. The first-order valence-corrected chi connectivity index (χ1v) is 11.4. The molecule has 32 heavy (non-hydrogen) atoms. The van der Waals surface area contributed by atoms with E-state index in [-0.39, 0.29) is 11.1 Å². The zero-order valence-corrected chi connectivity index (χ0v) is 20.6.